The van der Waals surface area contributed by atoms with E-state index in [0.29, 0.717) is 30.2 Å². The number of unbranched alkanes of at least 4 members (excludes halogenated alkanes) is 1. The quantitative estimate of drug-likeness (QED) is 0.703. The summed E-state index contributed by atoms with van der Waals surface area (Å²) < 4.78 is 31.7. The molecule has 1 rings (SSSR count). The lowest BCUT2D eigenvalue weighted by molar-refractivity contribution is 0.193. The van der Waals surface area contributed by atoms with Gasteiger partial charge in [-0.2, -0.15) is 0 Å². The summed E-state index contributed by atoms with van der Waals surface area (Å²) >= 11 is 0. The number of nitrogens with one attached hydrogen (secondary N) is 1. The Bertz CT molecular complexity index is 501. The Hall–Kier alpha value is -0.950. The van der Waals surface area contributed by atoms with E-state index >= 15 is 0 Å². The number of benzene rings is 1. The average molecular weight is 286 g/mol. The molecule has 0 spiro atoms. The summed E-state index contributed by atoms with van der Waals surface area (Å²) in [4.78, 5) is 0.316. The number of nitrogens with two attached hydrogens (primary N) is 1. The van der Waals surface area contributed by atoms with Crippen LogP contribution >= 0.6 is 0 Å². The third kappa shape index (κ3) is 4.91. The molecule has 108 valence electrons. The molecule has 0 fully saturated rings. The number of methoxy groups -OCH3 is 1. The lowest BCUT2D eigenvalue weighted by Crippen LogP contribution is -2.25. The Morgan fingerprint density at radius 1 is 1.32 bits per heavy atom. The minimum Gasteiger partial charge on any atom is -0.385 e. The Kier molecular flexibility index (Phi) is 6.44. The SMILES string of the molecule is COCCCCNS(=O)(=O)c1ccc(CN)cc1C. The van der Waals surface area contributed by atoms with Crippen LogP contribution in [0.4, 0.5) is 0 Å². The van der Waals surface area contributed by atoms with E-state index in [-0.39, 0.29) is 0 Å². The molecule has 0 amide bonds. The molecule has 0 unspecified atom stereocenters. The van der Waals surface area contributed by atoms with Gasteiger partial charge in [0.15, 0.2) is 0 Å². The smallest absolute Gasteiger partial charge is 0.240 e. The van der Waals surface area contributed by atoms with Gasteiger partial charge in [0.25, 0.3) is 0 Å². The fraction of sp³-hybridized carbons (Fsp3) is 0.538. The molecule has 0 aromatic heterocycles. The zero-order valence-electron chi connectivity index (χ0n) is 11.5. The van der Waals surface area contributed by atoms with Crippen LogP contribution in [0.3, 0.4) is 0 Å². The maximum atomic E-state index is 12.1. The van der Waals surface area contributed by atoms with Crippen LogP contribution in [-0.4, -0.2) is 28.7 Å². The van der Waals surface area contributed by atoms with E-state index in [9.17, 15) is 8.42 Å². The number of sulfonamides is 1. The minimum absolute atomic E-state index is 0.316. The van der Waals surface area contributed by atoms with Crippen LogP contribution in [0.25, 0.3) is 0 Å². The number of ether oxygens (including phenoxy) is 1. The first-order valence-electron chi connectivity index (χ1n) is 6.29. The van der Waals surface area contributed by atoms with Crippen molar-refractivity contribution in [2.75, 3.05) is 20.3 Å². The molecule has 0 atom stereocenters. The lowest BCUT2D eigenvalue weighted by Gasteiger charge is -2.10. The summed E-state index contributed by atoms with van der Waals surface area (Å²) in [5.74, 6) is 0. The Balaban J connectivity index is 2.67. The highest BCUT2D eigenvalue weighted by Gasteiger charge is 2.15. The first-order valence-corrected chi connectivity index (χ1v) is 7.78. The van der Waals surface area contributed by atoms with E-state index in [2.05, 4.69) is 4.72 Å². The topological polar surface area (TPSA) is 81.4 Å². The predicted octanol–water partition coefficient (Wildman–Crippen LogP) is 1.16. The number of hydrogen-bond donors (Lipinski definition) is 2. The number of aryl methyl sites for hydroxylation is 1. The molecular weight excluding hydrogens is 264 g/mol. The normalized spacial score (nSPS) is 11.7. The second-order valence-electron chi connectivity index (χ2n) is 4.40. The molecule has 19 heavy (non-hydrogen) atoms. The Morgan fingerprint density at radius 2 is 2.05 bits per heavy atom. The molecule has 0 bridgehead atoms. The van der Waals surface area contributed by atoms with Crippen LogP contribution in [0.5, 0.6) is 0 Å². The van der Waals surface area contributed by atoms with Gasteiger partial charge in [0.2, 0.25) is 10.0 Å². The summed E-state index contributed by atoms with van der Waals surface area (Å²) in [6.07, 6.45) is 1.59. The molecule has 0 radical (unpaired) electrons. The largest absolute Gasteiger partial charge is 0.385 e. The van der Waals surface area contributed by atoms with Gasteiger partial charge in [-0.05, 0) is 37.0 Å². The fourth-order valence-corrected chi connectivity index (χ4v) is 3.09. The Labute approximate surface area is 115 Å². The van der Waals surface area contributed by atoms with Crippen LogP contribution in [0.1, 0.15) is 24.0 Å². The molecule has 0 saturated heterocycles. The van der Waals surface area contributed by atoms with Crippen LogP contribution in [0.15, 0.2) is 23.1 Å². The average Bonchev–Trinajstić information content (AvgIpc) is 2.37. The highest BCUT2D eigenvalue weighted by atomic mass is 32.2. The molecule has 0 aliphatic rings. The second kappa shape index (κ2) is 7.59. The maximum Gasteiger partial charge on any atom is 0.240 e. The van der Waals surface area contributed by atoms with Crippen LogP contribution in [-0.2, 0) is 21.3 Å². The number of hydrogen-bond acceptors (Lipinski definition) is 4. The molecule has 3 N–H and O–H groups in total. The Morgan fingerprint density at radius 3 is 2.63 bits per heavy atom. The zero-order chi connectivity index (χ0) is 14.3. The summed E-state index contributed by atoms with van der Waals surface area (Å²) in [7, 11) is -1.80. The monoisotopic (exact) mass is 286 g/mol. The molecule has 0 heterocycles. The van der Waals surface area contributed by atoms with Crippen molar-refractivity contribution in [3.05, 3.63) is 29.3 Å². The van der Waals surface area contributed by atoms with Gasteiger partial charge in [0, 0.05) is 26.8 Å². The van der Waals surface area contributed by atoms with Crippen molar-refractivity contribution in [2.24, 2.45) is 5.73 Å². The first-order chi connectivity index (χ1) is 9.01. The molecule has 1 aromatic rings. The highest BCUT2D eigenvalue weighted by molar-refractivity contribution is 7.89. The van der Waals surface area contributed by atoms with Crippen molar-refractivity contribution >= 4 is 10.0 Å². The minimum atomic E-state index is -3.43. The summed E-state index contributed by atoms with van der Waals surface area (Å²) in [5, 5.41) is 0. The van der Waals surface area contributed by atoms with E-state index in [0.717, 1.165) is 18.4 Å². The zero-order valence-corrected chi connectivity index (χ0v) is 12.3. The molecular formula is C13H22N2O3S. The van der Waals surface area contributed by atoms with Crippen molar-refractivity contribution in [1.29, 1.82) is 0 Å². The van der Waals surface area contributed by atoms with E-state index < -0.39 is 10.0 Å². The van der Waals surface area contributed by atoms with Gasteiger partial charge in [-0.3, -0.25) is 0 Å². The van der Waals surface area contributed by atoms with Crippen molar-refractivity contribution < 1.29 is 13.2 Å². The van der Waals surface area contributed by atoms with E-state index in [1.807, 2.05) is 0 Å². The molecule has 6 heteroatoms. The predicted molar refractivity (Wildman–Crippen MR) is 75.4 cm³/mol. The maximum absolute atomic E-state index is 12.1. The third-order valence-electron chi connectivity index (χ3n) is 2.83. The van der Waals surface area contributed by atoms with Gasteiger partial charge in [-0.15, -0.1) is 0 Å². The van der Waals surface area contributed by atoms with Crippen LogP contribution in [0, 0.1) is 6.92 Å². The molecule has 0 aliphatic heterocycles. The van der Waals surface area contributed by atoms with Gasteiger partial charge in [-0.1, -0.05) is 12.1 Å². The van der Waals surface area contributed by atoms with Gasteiger partial charge >= 0.3 is 0 Å². The van der Waals surface area contributed by atoms with Crippen LogP contribution in [0.2, 0.25) is 0 Å². The summed E-state index contributed by atoms with van der Waals surface area (Å²) in [5.41, 5.74) is 7.17. The van der Waals surface area contributed by atoms with Gasteiger partial charge in [-0.25, -0.2) is 13.1 Å². The highest BCUT2D eigenvalue weighted by Crippen LogP contribution is 2.16. The van der Waals surface area contributed by atoms with E-state index in [1.54, 1.807) is 32.2 Å². The van der Waals surface area contributed by atoms with E-state index in [4.69, 9.17) is 10.5 Å². The standard InChI is InChI=1S/C13H22N2O3S/c1-11-9-12(10-14)5-6-13(11)19(16,17)15-7-3-4-8-18-2/h5-6,9,15H,3-4,7-8,10,14H2,1-2H3. The molecule has 1 aromatic carbocycles. The van der Waals surface area contributed by atoms with Gasteiger partial charge < -0.3 is 10.5 Å². The summed E-state index contributed by atoms with van der Waals surface area (Å²) in [6.45, 7) is 3.25. The first kappa shape index (κ1) is 16.1. The fourth-order valence-electron chi connectivity index (χ4n) is 1.80. The van der Waals surface area contributed by atoms with Crippen molar-refractivity contribution in [1.82, 2.24) is 4.72 Å². The summed E-state index contributed by atoms with van der Waals surface area (Å²) in [6, 6.07) is 5.15. The number of rotatable bonds is 8. The molecule has 5 nitrogen and oxygen atoms in total. The van der Waals surface area contributed by atoms with Crippen molar-refractivity contribution in [3.63, 3.8) is 0 Å². The third-order valence-corrected chi connectivity index (χ3v) is 4.45. The lowest BCUT2D eigenvalue weighted by atomic mass is 10.1. The van der Waals surface area contributed by atoms with Gasteiger partial charge in [0.1, 0.15) is 0 Å². The second-order valence-corrected chi connectivity index (χ2v) is 6.14. The van der Waals surface area contributed by atoms with Crippen molar-refractivity contribution in [2.45, 2.75) is 31.2 Å². The molecule has 0 aliphatic carbocycles. The van der Waals surface area contributed by atoms with Crippen molar-refractivity contribution in [3.8, 4) is 0 Å². The van der Waals surface area contributed by atoms with E-state index in [1.165, 1.54) is 0 Å². The molecule has 0 saturated carbocycles. The van der Waals surface area contributed by atoms with Gasteiger partial charge in [0.05, 0.1) is 4.90 Å². The van der Waals surface area contributed by atoms with Crippen LogP contribution < -0.4 is 10.5 Å².